The van der Waals surface area contributed by atoms with E-state index in [0.29, 0.717) is 17.5 Å². The summed E-state index contributed by atoms with van der Waals surface area (Å²) >= 11 is 0. The number of nitro groups is 1. The van der Waals surface area contributed by atoms with Crippen LogP contribution in [0.1, 0.15) is 57.7 Å². The second kappa shape index (κ2) is 5.81. The molecule has 0 spiro atoms. The van der Waals surface area contributed by atoms with Gasteiger partial charge in [-0.15, -0.1) is 0 Å². The quantitative estimate of drug-likeness (QED) is 0.675. The summed E-state index contributed by atoms with van der Waals surface area (Å²) in [6.07, 6.45) is 5.64. The predicted octanol–water partition coefficient (Wildman–Crippen LogP) is 3.46. The molecule has 0 saturated heterocycles. The first-order valence-electron chi connectivity index (χ1n) is 7.39. The van der Waals surface area contributed by atoms with Crippen molar-refractivity contribution in [3.05, 3.63) is 15.8 Å². The Balaban J connectivity index is 2.19. The van der Waals surface area contributed by atoms with Crippen LogP contribution in [0.2, 0.25) is 0 Å². The summed E-state index contributed by atoms with van der Waals surface area (Å²) < 4.78 is 1.69. The van der Waals surface area contributed by atoms with Gasteiger partial charge in [0.05, 0.1) is 11.0 Å². The minimum atomic E-state index is -0.428. The molecule has 2 N–H and O–H groups in total. The third-order valence-corrected chi connectivity index (χ3v) is 4.18. The number of aryl methyl sites for hydroxylation is 1. The smallest absolute Gasteiger partial charge is 0.333 e. The summed E-state index contributed by atoms with van der Waals surface area (Å²) in [5.74, 6) is 1.57. The van der Waals surface area contributed by atoms with E-state index < -0.39 is 4.92 Å². The molecular weight excluding hydrogens is 256 g/mol. The van der Waals surface area contributed by atoms with Crippen LogP contribution in [0.15, 0.2) is 0 Å². The molecule has 1 saturated carbocycles. The van der Waals surface area contributed by atoms with Gasteiger partial charge >= 0.3 is 5.69 Å². The summed E-state index contributed by atoms with van der Waals surface area (Å²) in [6.45, 7) is 6.13. The van der Waals surface area contributed by atoms with Crippen LogP contribution in [0.25, 0.3) is 0 Å². The molecule has 0 amide bonds. The van der Waals surface area contributed by atoms with E-state index in [9.17, 15) is 10.1 Å². The van der Waals surface area contributed by atoms with Gasteiger partial charge in [0.1, 0.15) is 5.69 Å². The van der Waals surface area contributed by atoms with Crippen molar-refractivity contribution in [2.75, 3.05) is 5.73 Å². The Labute approximate surface area is 119 Å². The highest BCUT2D eigenvalue weighted by Crippen LogP contribution is 2.38. The van der Waals surface area contributed by atoms with Crippen molar-refractivity contribution in [2.24, 2.45) is 11.8 Å². The van der Waals surface area contributed by atoms with E-state index in [4.69, 9.17) is 5.73 Å². The minimum absolute atomic E-state index is 0.0315. The Morgan fingerprint density at radius 2 is 2.20 bits per heavy atom. The van der Waals surface area contributed by atoms with Gasteiger partial charge in [0.25, 0.3) is 0 Å². The maximum atomic E-state index is 11.0. The third-order valence-electron chi connectivity index (χ3n) is 4.18. The first kappa shape index (κ1) is 14.8. The van der Waals surface area contributed by atoms with Gasteiger partial charge in [-0.05, 0) is 38.0 Å². The number of anilines is 1. The number of hydrogen-bond donors (Lipinski definition) is 1. The average molecular weight is 280 g/mol. The van der Waals surface area contributed by atoms with Crippen LogP contribution in [0.4, 0.5) is 11.5 Å². The van der Waals surface area contributed by atoms with Gasteiger partial charge in [-0.1, -0.05) is 26.7 Å². The van der Waals surface area contributed by atoms with Crippen LogP contribution < -0.4 is 5.73 Å². The summed E-state index contributed by atoms with van der Waals surface area (Å²) in [5, 5.41) is 15.3. The number of hydrogen-bond acceptors (Lipinski definition) is 4. The standard InChI is InChI=1S/C14H24N4O2/c1-9(2)7-11-5-4-6-12(8-11)17-14(15)13(18(19)20)10(3)16-17/h9,11-12H,4-8,15H2,1-3H3. The molecule has 1 aromatic rings. The SMILES string of the molecule is Cc1nn(C2CCCC(CC(C)C)C2)c(N)c1[N+](=O)[O-]. The molecule has 2 atom stereocenters. The zero-order valence-corrected chi connectivity index (χ0v) is 12.5. The Hall–Kier alpha value is -1.59. The fraction of sp³-hybridized carbons (Fsp3) is 0.786. The Bertz CT molecular complexity index is 496. The van der Waals surface area contributed by atoms with Gasteiger partial charge in [-0.25, -0.2) is 4.68 Å². The molecule has 6 nitrogen and oxygen atoms in total. The number of aromatic nitrogens is 2. The predicted molar refractivity (Wildman–Crippen MR) is 78.5 cm³/mol. The topological polar surface area (TPSA) is 87.0 Å². The molecule has 0 radical (unpaired) electrons. The lowest BCUT2D eigenvalue weighted by Gasteiger charge is -2.30. The zero-order valence-electron chi connectivity index (χ0n) is 12.5. The molecule has 0 aliphatic heterocycles. The van der Waals surface area contributed by atoms with E-state index in [2.05, 4.69) is 18.9 Å². The second-order valence-electron chi connectivity index (χ2n) is 6.34. The maximum Gasteiger partial charge on any atom is 0.333 e. The normalized spacial score (nSPS) is 23.2. The first-order valence-corrected chi connectivity index (χ1v) is 7.39. The highest BCUT2D eigenvalue weighted by atomic mass is 16.6. The second-order valence-corrected chi connectivity index (χ2v) is 6.34. The van der Waals surface area contributed by atoms with E-state index in [1.165, 1.54) is 12.8 Å². The van der Waals surface area contributed by atoms with Gasteiger partial charge in [-0.3, -0.25) is 10.1 Å². The molecule has 2 rings (SSSR count). The fourth-order valence-corrected chi connectivity index (χ4v) is 3.43. The Kier molecular flexibility index (Phi) is 4.30. The van der Waals surface area contributed by atoms with Gasteiger partial charge in [0, 0.05) is 0 Å². The highest BCUT2D eigenvalue weighted by Gasteiger charge is 2.30. The monoisotopic (exact) mass is 280 g/mol. The first-order chi connectivity index (χ1) is 9.40. The van der Waals surface area contributed by atoms with Gasteiger partial charge in [-0.2, -0.15) is 5.10 Å². The van der Waals surface area contributed by atoms with Crippen molar-refractivity contribution in [3.8, 4) is 0 Å². The van der Waals surface area contributed by atoms with Crippen LogP contribution in [-0.2, 0) is 0 Å². The van der Waals surface area contributed by atoms with E-state index in [1.807, 2.05) is 0 Å². The van der Waals surface area contributed by atoms with Crippen molar-refractivity contribution in [3.63, 3.8) is 0 Å². The van der Waals surface area contributed by atoms with Crippen LogP contribution in [-0.4, -0.2) is 14.7 Å². The molecule has 1 heterocycles. The molecule has 1 aromatic heterocycles. The number of nitrogens with two attached hydrogens (primary N) is 1. The third kappa shape index (κ3) is 2.94. The van der Waals surface area contributed by atoms with E-state index in [0.717, 1.165) is 19.3 Å². The minimum Gasteiger partial charge on any atom is -0.378 e. The molecule has 1 aliphatic rings. The largest absolute Gasteiger partial charge is 0.378 e. The van der Waals surface area contributed by atoms with Crippen molar-refractivity contribution in [1.29, 1.82) is 0 Å². The Morgan fingerprint density at radius 3 is 2.75 bits per heavy atom. The van der Waals surface area contributed by atoms with Crippen LogP contribution in [0.3, 0.4) is 0 Å². The molecule has 2 unspecified atom stereocenters. The lowest BCUT2D eigenvalue weighted by molar-refractivity contribution is -0.384. The Morgan fingerprint density at radius 1 is 1.50 bits per heavy atom. The number of rotatable bonds is 4. The van der Waals surface area contributed by atoms with Gasteiger partial charge in [0.15, 0.2) is 0 Å². The molecule has 1 aliphatic carbocycles. The van der Waals surface area contributed by atoms with Crippen molar-refractivity contribution >= 4 is 11.5 Å². The van der Waals surface area contributed by atoms with Gasteiger partial charge < -0.3 is 5.73 Å². The molecule has 1 fully saturated rings. The van der Waals surface area contributed by atoms with Crippen LogP contribution in [0, 0.1) is 28.9 Å². The summed E-state index contributed by atoms with van der Waals surface area (Å²) in [5.41, 5.74) is 6.33. The summed E-state index contributed by atoms with van der Waals surface area (Å²) in [6, 6.07) is 0.208. The molecule has 0 aromatic carbocycles. The molecule has 112 valence electrons. The van der Waals surface area contributed by atoms with Crippen molar-refractivity contribution in [2.45, 2.75) is 58.9 Å². The highest BCUT2D eigenvalue weighted by molar-refractivity contribution is 5.56. The fourth-order valence-electron chi connectivity index (χ4n) is 3.43. The summed E-state index contributed by atoms with van der Waals surface area (Å²) in [4.78, 5) is 10.6. The number of nitrogen functional groups attached to an aromatic ring is 1. The average Bonchev–Trinajstić information content (AvgIpc) is 2.64. The summed E-state index contributed by atoms with van der Waals surface area (Å²) in [7, 11) is 0. The van der Waals surface area contributed by atoms with Crippen molar-refractivity contribution in [1.82, 2.24) is 9.78 Å². The molecular formula is C14H24N4O2. The number of nitrogens with zero attached hydrogens (tertiary/aromatic N) is 3. The maximum absolute atomic E-state index is 11.0. The van der Waals surface area contributed by atoms with Gasteiger partial charge in [0.2, 0.25) is 5.82 Å². The molecule has 20 heavy (non-hydrogen) atoms. The van der Waals surface area contributed by atoms with Crippen LogP contribution in [0.5, 0.6) is 0 Å². The van der Waals surface area contributed by atoms with E-state index in [1.54, 1.807) is 11.6 Å². The van der Waals surface area contributed by atoms with Crippen molar-refractivity contribution < 1.29 is 4.92 Å². The molecule has 6 heteroatoms. The molecule has 0 bridgehead atoms. The lowest BCUT2D eigenvalue weighted by atomic mass is 9.81. The van der Waals surface area contributed by atoms with E-state index >= 15 is 0 Å². The van der Waals surface area contributed by atoms with E-state index in [-0.39, 0.29) is 17.5 Å². The van der Waals surface area contributed by atoms with Crippen LogP contribution >= 0.6 is 0 Å². The lowest BCUT2D eigenvalue weighted by Crippen LogP contribution is -2.22. The zero-order chi connectivity index (χ0) is 14.9.